The van der Waals surface area contributed by atoms with E-state index in [2.05, 4.69) is 47.8 Å². The van der Waals surface area contributed by atoms with E-state index < -0.39 is 0 Å². The molecule has 0 bridgehead atoms. The van der Waals surface area contributed by atoms with Crippen molar-refractivity contribution in [3.8, 4) is 6.07 Å². The summed E-state index contributed by atoms with van der Waals surface area (Å²) in [5, 5.41) is 9.21. The molecule has 1 heterocycles. The molecule has 0 aromatic carbocycles. The van der Waals surface area contributed by atoms with Crippen LogP contribution in [-0.4, -0.2) is 5.17 Å². The van der Waals surface area contributed by atoms with Crippen LogP contribution in [0.2, 0.25) is 0 Å². The summed E-state index contributed by atoms with van der Waals surface area (Å²) in [7, 11) is 0. The maximum absolute atomic E-state index is 8.81. The lowest BCUT2D eigenvalue weighted by molar-refractivity contribution is 0.490. The third kappa shape index (κ3) is 2.37. The average molecular weight is 276 g/mol. The van der Waals surface area contributed by atoms with E-state index in [0.717, 1.165) is 10.2 Å². The molecule has 0 aliphatic carbocycles. The van der Waals surface area contributed by atoms with Gasteiger partial charge in [-0.1, -0.05) is 48.3 Å². The molecule has 1 rings (SSSR count). The van der Waals surface area contributed by atoms with Gasteiger partial charge in [-0.2, -0.15) is 5.26 Å². The summed E-state index contributed by atoms with van der Waals surface area (Å²) in [6, 6.07) is 2.13. The van der Waals surface area contributed by atoms with Crippen molar-refractivity contribution in [2.24, 2.45) is 16.3 Å². The van der Waals surface area contributed by atoms with Crippen molar-refractivity contribution in [1.29, 1.82) is 5.26 Å². The summed E-state index contributed by atoms with van der Waals surface area (Å²) in [6.07, 6.45) is 0.630. The summed E-state index contributed by atoms with van der Waals surface area (Å²) >= 11 is 9.38. The lowest BCUT2D eigenvalue weighted by Gasteiger charge is -2.25. The van der Waals surface area contributed by atoms with Gasteiger partial charge in [-0.15, -0.1) is 0 Å². The molecular formula is C10H12BrClN2. The van der Waals surface area contributed by atoms with Gasteiger partial charge in [-0.25, -0.2) is 4.99 Å². The highest BCUT2D eigenvalue weighted by Crippen LogP contribution is 2.38. The van der Waals surface area contributed by atoms with Crippen LogP contribution in [0, 0.1) is 22.7 Å². The van der Waals surface area contributed by atoms with E-state index in [4.69, 9.17) is 16.9 Å². The number of hydrogen-bond donors (Lipinski definition) is 0. The normalized spacial score (nSPS) is 23.1. The Morgan fingerprint density at radius 3 is 2.57 bits per heavy atom. The maximum atomic E-state index is 8.81. The van der Waals surface area contributed by atoms with Crippen LogP contribution < -0.4 is 0 Å². The number of nitrogens with zero attached hydrogens (tertiary/aromatic N) is 2. The van der Waals surface area contributed by atoms with Gasteiger partial charge >= 0.3 is 0 Å². The highest BCUT2D eigenvalue weighted by Gasteiger charge is 2.28. The number of halogens is 2. The summed E-state index contributed by atoms with van der Waals surface area (Å²) in [4.78, 5) is 4.28. The van der Waals surface area contributed by atoms with Crippen molar-refractivity contribution in [2.45, 2.75) is 27.2 Å². The maximum Gasteiger partial charge on any atom is 0.124 e. The van der Waals surface area contributed by atoms with Gasteiger partial charge in [0.25, 0.3) is 0 Å². The molecule has 1 unspecified atom stereocenters. The molecule has 0 radical (unpaired) electrons. The zero-order valence-corrected chi connectivity index (χ0v) is 10.8. The summed E-state index contributed by atoms with van der Waals surface area (Å²) in [5.41, 5.74) is 0.897. The van der Waals surface area contributed by atoms with Crippen LogP contribution in [-0.2, 0) is 0 Å². The van der Waals surface area contributed by atoms with E-state index in [9.17, 15) is 0 Å². The first-order valence-corrected chi connectivity index (χ1v) is 5.56. The van der Waals surface area contributed by atoms with E-state index in [1.54, 1.807) is 0 Å². The predicted molar refractivity (Wildman–Crippen MR) is 62.4 cm³/mol. The zero-order chi connectivity index (χ0) is 10.9. The molecule has 0 fully saturated rings. The minimum absolute atomic E-state index is 0.0423. The average Bonchev–Trinajstić information content (AvgIpc) is 2.06. The molecule has 1 aliphatic heterocycles. The molecule has 1 aliphatic rings. The fourth-order valence-corrected chi connectivity index (χ4v) is 2.50. The lowest BCUT2D eigenvalue weighted by atomic mass is 9.89. The van der Waals surface area contributed by atoms with E-state index in [1.165, 1.54) is 0 Å². The topological polar surface area (TPSA) is 36.1 Å². The van der Waals surface area contributed by atoms with Crippen LogP contribution in [0.25, 0.3) is 0 Å². The summed E-state index contributed by atoms with van der Waals surface area (Å²) in [5.74, 6) is -0.294. The Kier molecular flexibility index (Phi) is 3.39. The molecule has 4 heteroatoms. The SMILES string of the molecule is CC(C)(C)C1=C(Br)CC(C#N)C(Cl)=N1. The van der Waals surface area contributed by atoms with Crippen molar-refractivity contribution >= 4 is 32.7 Å². The molecule has 0 aromatic rings. The Morgan fingerprint density at radius 2 is 2.14 bits per heavy atom. The second-order valence-electron chi connectivity index (χ2n) is 4.32. The molecule has 0 saturated carbocycles. The molecule has 0 N–H and O–H groups in total. The Morgan fingerprint density at radius 1 is 1.57 bits per heavy atom. The van der Waals surface area contributed by atoms with Crippen LogP contribution in [0.5, 0.6) is 0 Å². The van der Waals surface area contributed by atoms with Crippen LogP contribution in [0.3, 0.4) is 0 Å². The van der Waals surface area contributed by atoms with Crippen molar-refractivity contribution in [3.63, 3.8) is 0 Å². The zero-order valence-electron chi connectivity index (χ0n) is 8.43. The van der Waals surface area contributed by atoms with E-state index >= 15 is 0 Å². The van der Waals surface area contributed by atoms with E-state index in [0.29, 0.717) is 11.6 Å². The van der Waals surface area contributed by atoms with Crippen molar-refractivity contribution in [1.82, 2.24) is 0 Å². The Hall–Kier alpha value is -0.330. The first kappa shape index (κ1) is 11.7. The number of allylic oxidation sites excluding steroid dienone is 2. The molecule has 76 valence electrons. The van der Waals surface area contributed by atoms with Crippen LogP contribution in [0.4, 0.5) is 0 Å². The monoisotopic (exact) mass is 274 g/mol. The second-order valence-corrected chi connectivity index (χ2v) is 5.67. The second kappa shape index (κ2) is 4.04. The fraction of sp³-hybridized carbons (Fsp3) is 0.600. The Bertz CT molecular complexity index is 344. The van der Waals surface area contributed by atoms with Gasteiger partial charge in [0, 0.05) is 16.3 Å². The molecule has 0 aromatic heterocycles. The summed E-state index contributed by atoms with van der Waals surface area (Å²) in [6.45, 7) is 6.22. The Balaban J connectivity index is 3.08. The highest BCUT2D eigenvalue weighted by atomic mass is 79.9. The molecule has 0 amide bonds. The van der Waals surface area contributed by atoms with E-state index in [-0.39, 0.29) is 11.3 Å². The molecule has 14 heavy (non-hydrogen) atoms. The molecule has 1 atom stereocenters. The summed E-state index contributed by atoms with van der Waals surface area (Å²) < 4.78 is 0.987. The minimum Gasteiger partial charge on any atom is -0.243 e. The Labute approximate surface area is 97.8 Å². The number of rotatable bonds is 0. The van der Waals surface area contributed by atoms with Gasteiger partial charge in [0.1, 0.15) is 11.1 Å². The van der Waals surface area contributed by atoms with E-state index in [1.807, 2.05) is 0 Å². The first-order valence-electron chi connectivity index (χ1n) is 4.39. The smallest absolute Gasteiger partial charge is 0.124 e. The largest absolute Gasteiger partial charge is 0.243 e. The standard InChI is InChI=1S/C10H12BrClN2/c1-10(2,3)8-7(11)4-6(5-13)9(12)14-8/h6H,4H2,1-3H3. The lowest BCUT2D eigenvalue weighted by Crippen LogP contribution is -2.18. The number of hydrogen-bond acceptors (Lipinski definition) is 2. The van der Waals surface area contributed by atoms with Gasteiger partial charge in [0.05, 0.1) is 11.8 Å². The first-order chi connectivity index (χ1) is 6.36. The van der Waals surface area contributed by atoms with Crippen LogP contribution in [0.15, 0.2) is 15.2 Å². The third-order valence-electron chi connectivity index (χ3n) is 2.01. The predicted octanol–water partition coefficient (Wildman–Crippen LogP) is 3.82. The number of nitriles is 1. The van der Waals surface area contributed by atoms with Gasteiger partial charge in [-0.3, -0.25) is 0 Å². The fourth-order valence-electron chi connectivity index (χ4n) is 1.28. The van der Waals surface area contributed by atoms with Gasteiger partial charge < -0.3 is 0 Å². The van der Waals surface area contributed by atoms with Gasteiger partial charge in [-0.05, 0) is 0 Å². The van der Waals surface area contributed by atoms with Crippen molar-refractivity contribution < 1.29 is 0 Å². The minimum atomic E-state index is -0.294. The van der Waals surface area contributed by atoms with Crippen LogP contribution >= 0.6 is 27.5 Å². The number of aliphatic imine (C=N–C) groups is 1. The van der Waals surface area contributed by atoms with Crippen LogP contribution in [0.1, 0.15) is 27.2 Å². The third-order valence-corrected chi connectivity index (χ3v) is 3.06. The van der Waals surface area contributed by atoms with Crippen molar-refractivity contribution in [3.05, 3.63) is 10.2 Å². The quantitative estimate of drug-likeness (QED) is 0.662. The highest BCUT2D eigenvalue weighted by molar-refractivity contribution is 9.11. The molecule has 0 spiro atoms. The van der Waals surface area contributed by atoms with Gasteiger partial charge in [0.2, 0.25) is 0 Å². The van der Waals surface area contributed by atoms with Crippen molar-refractivity contribution in [2.75, 3.05) is 0 Å². The molecular weight excluding hydrogens is 263 g/mol. The van der Waals surface area contributed by atoms with Gasteiger partial charge in [0.15, 0.2) is 0 Å². The molecule has 0 saturated heterocycles. The molecule has 2 nitrogen and oxygen atoms in total.